The van der Waals surface area contributed by atoms with Gasteiger partial charge in [-0.1, -0.05) is 0 Å². The molecule has 7 nitrogen and oxygen atoms in total. The van der Waals surface area contributed by atoms with E-state index in [1.165, 1.54) is 11.6 Å². The second-order valence-electron chi connectivity index (χ2n) is 6.69. The topological polar surface area (TPSA) is 76.7 Å². The molecular formula is C15H20N4O3. The fraction of sp³-hybridized carbons (Fsp3) is 0.600. The lowest BCUT2D eigenvalue weighted by Crippen LogP contribution is -2.61. The second-order valence-corrected chi connectivity index (χ2v) is 6.69. The maximum Gasteiger partial charge on any atom is 0.332 e. The van der Waals surface area contributed by atoms with Crippen LogP contribution in [0.2, 0.25) is 0 Å². The van der Waals surface area contributed by atoms with Crippen molar-refractivity contribution >= 4 is 11.5 Å². The molecule has 0 bridgehead atoms. The van der Waals surface area contributed by atoms with Gasteiger partial charge in [-0.2, -0.15) is 0 Å². The maximum atomic E-state index is 12.6. The first kappa shape index (κ1) is 14.7. The Hall–Kier alpha value is -2.18. The van der Waals surface area contributed by atoms with E-state index in [0.29, 0.717) is 16.3 Å². The summed E-state index contributed by atoms with van der Waals surface area (Å²) >= 11 is 0. The molecule has 118 valence electrons. The molecule has 3 heterocycles. The second kappa shape index (κ2) is 4.18. The Labute approximate surface area is 127 Å². The van der Waals surface area contributed by atoms with Crippen molar-refractivity contribution < 1.29 is 4.79 Å². The van der Waals surface area contributed by atoms with Gasteiger partial charge in [0.1, 0.15) is 5.49 Å². The van der Waals surface area contributed by atoms with Gasteiger partial charge in [0.2, 0.25) is 5.91 Å². The zero-order chi connectivity index (χ0) is 16.6. The van der Waals surface area contributed by atoms with Crippen LogP contribution in [0.25, 0.3) is 5.57 Å². The number of rotatable bonds is 0. The third kappa shape index (κ3) is 1.51. The zero-order valence-corrected chi connectivity index (χ0v) is 13.7. The van der Waals surface area contributed by atoms with Gasteiger partial charge in [0.25, 0.3) is 5.56 Å². The summed E-state index contributed by atoms with van der Waals surface area (Å²) in [6.45, 7) is 5.71. The van der Waals surface area contributed by atoms with Crippen LogP contribution in [0.1, 0.15) is 20.8 Å². The summed E-state index contributed by atoms with van der Waals surface area (Å²) in [7, 11) is 4.80. The fourth-order valence-corrected chi connectivity index (χ4v) is 3.51. The SMILES string of the molecule is CC1=c2c(=O)n(C)c(=O)n(C)c2=NC2C1C(=O)N(C)C2(C)C. The standard InChI is InChI=1S/C15H20N4O3/c1-7-8-10(15(2,3)19(6)13(8)21)16-11-9(7)12(20)18(5)14(22)17(11)4/h8,10H,1-6H3. The van der Waals surface area contributed by atoms with Crippen molar-refractivity contribution in [2.45, 2.75) is 32.4 Å². The van der Waals surface area contributed by atoms with E-state index >= 15 is 0 Å². The van der Waals surface area contributed by atoms with Gasteiger partial charge in [0.15, 0.2) is 0 Å². The van der Waals surface area contributed by atoms with Crippen LogP contribution in [0.15, 0.2) is 14.6 Å². The molecule has 1 aromatic rings. The lowest BCUT2D eigenvalue weighted by Gasteiger charge is -2.32. The lowest BCUT2D eigenvalue weighted by atomic mass is 9.84. The number of hydrogen-bond acceptors (Lipinski definition) is 4. The van der Waals surface area contributed by atoms with Gasteiger partial charge in [0, 0.05) is 21.1 Å². The molecule has 2 aliphatic heterocycles. The molecule has 1 aromatic heterocycles. The Kier molecular flexibility index (Phi) is 2.80. The molecule has 7 heteroatoms. The first-order chi connectivity index (χ1) is 10.1. The highest BCUT2D eigenvalue weighted by atomic mass is 16.2. The first-order valence-electron chi connectivity index (χ1n) is 7.23. The van der Waals surface area contributed by atoms with Gasteiger partial charge in [-0.15, -0.1) is 0 Å². The van der Waals surface area contributed by atoms with E-state index in [4.69, 9.17) is 0 Å². The van der Waals surface area contributed by atoms with E-state index in [-0.39, 0.29) is 11.9 Å². The summed E-state index contributed by atoms with van der Waals surface area (Å²) in [6.07, 6.45) is 0. The van der Waals surface area contributed by atoms with Crippen molar-refractivity contribution in [3.63, 3.8) is 0 Å². The van der Waals surface area contributed by atoms with E-state index in [2.05, 4.69) is 4.99 Å². The minimum absolute atomic E-state index is 0.0298. The highest BCUT2D eigenvalue weighted by molar-refractivity contribution is 5.91. The highest BCUT2D eigenvalue weighted by Crippen LogP contribution is 2.39. The summed E-state index contributed by atoms with van der Waals surface area (Å²) < 4.78 is 2.45. The third-order valence-electron chi connectivity index (χ3n) is 5.26. The summed E-state index contributed by atoms with van der Waals surface area (Å²) in [4.78, 5) is 43.5. The molecular weight excluding hydrogens is 284 g/mol. The molecule has 1 amide bonds. The number of hydrogen-bond donors (Lipinski definition) is 0. The van der Waals surface area contributed by atoms with Gasteiger partial charge < -0.3 is 4.90 Å². The normalized spacial score (nSPS) is 25.8. The van der Waals surface area contributed by atoms with Crippen LogP contribution in [-0.4, -0.2) is 38.6 Å². The van der Waals surface area contributed by atoms with Crippen molar-refractivity contribution in [2.24, 2.45) is 25.0 Å². The number of fused-ring (bicyclic) bond motifs is 2. The molecule has 0 N–H and O–H groups in total. The van der Waals surface area contributed by atoms with E-state index < -0.39 is 22.7 Å². The molecule has 22 heavy (non-hydrogen) atoms. The number of carbonyl (C=O) groups excluding carboxylic acids is 1. The molecule has 2 unspecified atom stereocenters. The Morgan fingerprint density at radius 2 is 1.64 bits per heavy atom. The number of carbonyl (C=O) groups is 1. The van der Waals surface area contributed by atoms with Crippen molar-refractivity contribution in [3.8, 4) is 0 Å². The van der Waals surface area contributed by atoms with Crippen molar-refractivity contribution in [1.29, 1.82) is 0 Å². The van der Waals surface area contributed by atoms with Crippen LogP contribution in [0.5, 0.6) is 0 Å². The van der Waals surface area contributed by atoms with Crippen LogP contribution in [0.4, 0.5) is 0 Å². The van der Waals surface area contributed by atoms with E-state index in [1.54, 1.807) is 25.9 Å². The van der Waals surface area contributed by atoms with Crippen LogP contribution < -0.4 is 22.0 Å². The van der Waals surface area contributed by atoms with E-state index in [1.807, 2.05) is 13.8 Å². The quantitative estimate of drug-likeness (QED) is 0.563. The molecule has 0 spiro atoms. The number of nitrogens with zero attached hydrogens (tertiary/aromatic N) is 4. The van der Waals surface area contributed by atoms with Gasteiger partial charge in [0.05, 0.1) is 22.7 Å². The zero-order valence-electron chi connectivity index (χ0n) is 13.7. The average molecular weight is 304 g/mol. The Balaban J connectivity index is 2.53. The Bertz CT molecular complexity index is 935. The molecule has 3 rings (SSSR count). The number of likely N-dealkylation sites (N-methyl/N-ethyl adjacent to an activating group) is 1. The molecule has 2 atom stereocenters. The predicted molar refractivity (Wildman–Crippen MR) is 80.9 cm³/mol. The molecule has 1 fully saturated rings. The highest BCUT2D eigenvalue weighted by Gasteiger charge is 2.53. The van der Waals surface area contributed by atoms with Crippen molar-refractivity contribution in [2.75, 3.05) is 7.05 Å². The third-order valence-corrected chi connectivity index (χ3v) is 5.26. The van der Waals surface area contributed by atoms with Gasteiger partial charge in [-0.25, -0.2) is 4.79 Å². The minimum atomic E-state index is -0.460. The smallest absolute Gasteiger partial charge is 0.332 e. The lowest BCUT2D eigenvalue weighted by molar-refractivity contribution is -0.130. The molecule has 0 saturated carbocycles. The van der Waals surface area contributed by atoms with Crippen molar-refractivity contribution in [3.05, 3.63) is 31.5 Å². The van der Waals surface area contributed by atoms with Crippen LogP contribution in [-0.2, 0) is 18.9 Å². The monoisotopic (exact) mass is 304 g/mol. The maximum absolute atomic E-state index is 12.6. The number of amides is 1. The van der Waals surface area contributed by atoms with Gasteiger partial charge in [-0.05, 0) is 26.3 Å². The van der Waals surface area contributed by atoms with E-state index in [0.717, 1.165) is 4.57 Å². The number of likely N-dealkylation sites (tertiary alicyclic amines) is 1. The molecule has 2 aliphatic rings. The summed E-state index contributed by atoms with van der Waals surface area (Å²) in [5, 5.41) is 0.380. The molecule has 0 aromatic carbocycles. The van der Waals surface area contributed by atoms with Crippen LogP contribution in [0, 0.1) is 5.92 Å². The van der Waals surface area contributed by atoms with Crippen LogP contribution in [0.3, 0.4) is 0 Å². The fourth-order valence-electron chi connectivity index (χ4n) is 3.51. The molecule has 0 radical (unpaired) electrons. The molecule has 0 aliphatic carbocycles. The Morgan fingerprint density at radius 3 is 2.23 bits per heavy atom. The van der Waals surface area contributed by atoms with Gasteiger partial charge >= 0.3 is 5.69 Å². The number of aromatic nitrogens is 2. The summed E-state index contributed by atoms with van der Waals surface area (Å²) in [5.74, 6) is -0.462. The van der Waals surface area contributed by atoms with Crippen LogP contribution >= 0.6 is 0 Å². The average Bonchev–Trinajstić information content (AvgIpc) is 2.64. The van der Waals surface area contributed by atoms with Gasteiger partial charge in [-0.3, -0.25) is 23.7 Å². The van der Waals surface area contributed by atoms with E-state index in [9.17, 15) is 14.4 Å². The molecule has 1 saturated heterocycles. The predicted octanol–water partition coefficient (Wildman–Crippen LogP) is -1.88. The minimum Gasteiger partial charge on any atom is -0.338 e. The summed E-state index contributed by atoms with van der Waals surface area (Å²) in [5.41, 5.74) is -0.179. The largest absolute Gasteiger partial charge is 0.338 e. The summed E-state index contributed by atoms with van der Waals surface area (Å²) in [6, 6.07) is -0.296. The van der Waals surface area contributed by atoms with Crippen molar-refractivity contribution in [1.82, 2.24) is 14.0 Å². The first-order valence-corrected chi connectivity index (χ1v) is 7.23. The Morgan fingerprint density at radius 1 is 1.05 bits per heavy atom.